The highest BCUT2D eigenvalue weighted by Crippen LogP contribution is 2.30. The highest BCUT2D eigenvalue weighted by Gasteiger charge is 2.34. The molecule has 0 spiro atoms. The topological polar surface area (TPSA) is 86.8 Å². The molecule has 0 aromatic heterocycles. The third-order valence-corrected chi connectivity index (χ3v) is 9.61. The first kappa shape index (κ1) is 33.4. The summed E-state index contributed by atoms with van der Waals surface area (Å²) in [6, 6.07) is 16.1. The standard InChI is InChI=1S/C32H39Cl2N3O4S/c1-6-8-18-35-32(39)29(7-2)36(20-26-27(33)10-9-11-28(26)34)31(38)21-37(30-19-23(4)12-15-24(30)5)42(40,41)25-16-13-22(3)14-17-25/h9-17,19,29H,6-8,18,20-21H2,1-5H3,(H,35,39)/t29-/m0/s1. The number of amides is 2. The third-order valence-electron chi connectivity index (χ3n) is 7.13. The monoisotopic (exact) mass is 631 g/mol. The van der Waals surface area contributed by atoms with E-state index in [9.17, 15) is 18.0 Å². The predicted molar refractivity (Wildman–Crippen MR) is 171 cm³/mol. The Labute approximate surface area is 259 Å². The van der Waals surface area contributed by atoms with Crippen LogP contribution in [0.15, 0.2) is 65.6 Å². The lowest BCUT2D eigenvalue weighted by molar-refractivity contribution is -0.140. The quantitative estimate of drug-likeness (QED) is 0.209. The summed E-state index contributed by atoms with van der Waals surface area (Å²) in [6.45, 7) is 9.24. The number of halogens is 2. The fourth-order valence-corrected chi connectivity index (χ4v) is 6.61. The zero-order valence-corrected chi connectivity index (χ0v) is 27.1. The van der Waals surface area contributed by atoms with Gasteiger partial charge in [-0.05, 0) is 75.1 Å². The highest BCUT2D eigenvalue weighted by molar-refractivity contribution is 7.92. The van der Waals surface area contributed by atoms with Gasteiger partial charge in [0.1, 0.15) is 12.6 Å². The number of carbonyl (C=O) groups is 2. The molecule has 0 saturated carbocycles. The van der Waals surface area contributed by atoms with Gasteiger partial charge in [0.2, 0.25) is 11.8 Å². The lowest BCUT2D eigenvalue weighted by Crippen LogP contribution is -2.52. The number of rotatable bonds is 13. The maximum absolute atomic E-state index is 14.3. The van der Waals surface area contributed by atoms with Crippen molar-refractivity contribution in [3.05, 3.63) is 93.0 Å². The molecule has 1 atom stereocenters. The smallest absolute Gasteiger partial charge is 0.264 e. The molecule has 2 amide bonds. The minimum atomic E-state index is -4.16. The van der Waals surface area contributed by atoms with E-state index in [1.807, 2.05) is 39.8 Å². The molecule has 3 rings (SSSR count). The van der Waals surface area contributed by atoms with Crippen LogP contribution in [0.5, 0.6) is 0 Å². The van der Waals surface area contributed by atoms with Gasteiger partial charge in [0.25, 0.3) is 10.0 Å². The number of nitrogens with one attached hydrogen (secondary N) is 1. The zero-order chi connectivity index (χ0) is 31.0. The second-order valence-corrected chi connectivity index (χ2v) is 13.1. The van der Waals surface area contributed by atoms with Gasteiger partial charge in [-0.3, -0.25) is 13.9 Å². The summed E-state index contributed by atoms with van der Waals surface area (Å²) in [5.41, 5.74) is 3.31. The molecule has 0 saturated heterocycles. The van der Waals surface area contributed by atoms with Gasteiger partial charge in [-0.25, -0.2) is 8.42 Å². The molecular weight excluding hydrogens is 593 g/mol. The number of carbonyl (C=O) groups excluding carboxylic acids is 2. The first-order valence-corrected chi connectivity index (χ1v) is 16.3. The molecule has 10 heteroatoms. The van der Waals surface area contributed by atoms with E-state index in [-0.39, 0.29) is 17.3 Å². The average Bonchev–Trinajstić information content (AvgIpc) is 2.94. The van der Waals surface area contributed by atoms with Crippen molar-refractivity contribution < 1.29 is 18.0 Å². The van der Waals surface area contributed by atoms with Crippen molar-refractivity contribution >= 4 is 50.7 Å². The Kier molecular flexibility index (Phi) is 11.9. The van der Waals surface area contributed by atoms with Crippen molar-refractivity contribution in [1.82, 2.24) is 10.2 Å². The van der Waals surface area contributed by atoms with E-state index < -0.39 is 28.5 Å². The predicted octanol–water partition coefficient (Wildman–Crippen LogP) is 6.84. The molecule has 0 fully saturated rings. The molecule has 0 aliphatic rings. The van der Waals surface area contributed by atoms with Crippen molar-refractivity contribution in [2.45, 2.75) is 71.4 Å². The minimum Gasteiger partial charge on any atom is -0.354 e. The highest BCUT2D eigenvalue weighted by atomic mass is 35.5. The van der Waals surface area contributed by atoms with Crippen LogP contribution in [-0.4, -0.2) is 44.3 Å². The van der Waals surface area contributed by atoms with E-state index in [4.69, 9.17) is 23.2 Å². The summed E-state index contributed by atoms with van der Waals surface area (Å²) in [6.07, 6.45) is 2.00. The van der Waals surface area contributed by atoms with Crippen molar-refractivity contribution in [1.29, 1.82) is 0 Å². The molecule has 3 aromatic carbocycles. The van der Waals surface area contributed by atoms with E-state index in [0.29, 0.717) is 39.8 Å². The maximum Gasteiger partial charge on any atom is 0.264 e. The summed E-state index contributed by atoms with van der Waals surface area (Å²) >= 11 is 13.0. The first-order valence-electron chi connectivity index (χ1n) is 14.1. The van der Waals surface area contributed by atoms with Gasteiger partial charge in [-0.1, -0.05) is 79.4 Å². The van der Waals surface area contributed by atoms with Gasteiger partial charge in [0.15, 0.2) is 0 Å². The lowest BCUT2D eigenvalue weighted by Gasteiger charge is -2.34. The van der Waals surface area contributed by atoms with Crippen molar-refractivity contribution in [3.63, 3.8) is 0 Å². The number of nitrogens with zero attached hydrogens (tertiary/aromatic N) is 2. The Morgan fingerprint density at radius 2 is 1.52 bits per heavy atom. The van der Waals surface area contributed by atoms with Gasteiger partial charge in [-0.15, -0.1) is 0 Å². The Hall–Kier alpha value is -3.07. The second kappa shape index (κ2) is 14.9. The van der Waals surface area contributed by atoms with Crippen LogP contribution in [-0.2, 0) is 26.2 Å². The summed E-state index contributed by atoms with van der Waals surface area (Å²) in [7, 11) is -4.16. The Morgan fingerprint density at radius 1 is 0.905 bits per heavy atom. The fourth-order valence-electron chi connectivity index (χ4n) is 4.62. The van der Waals surface area contributed by atoms with Gasteiger partial charge in [0, 0.05) is 28.7 Å². The Bertz CT molecular complexity index is 1490. The average molecular weight is 633 g/mol. The molecule has 0 heterocycles. The SMILES string of the molecule is CCCCNC(=O)[C@H](CC)N(Cc1c(Cl)cccc1Cl)C(=O)CN(c1cc(C)ccc1C)S(=O)(=O)c1ccc(C)cc1. The van der Waals surface area contributed by atoms with Crippen LogP contribution in [0, 0.1) is 20.8 Å². The second-order valence-electron chi connectivity index (χ2n) is 10.4. The van der Waals surface area contributed by atoms with Crippen molar-refractivity contribution in [3.8, 4) is 0 Å². The molecule has 226 valence electrons. The molecule has 0 unspecified atom stereocenters. The summed E-state index contributed by atoms with van der Waals surface area (Å²) in [5.74, 6) is -0.873. The molecule has 0 aliphatic heterocycles. The zero-order valence-electron chi connectivity index (χ0n) is 24.8. The van der Waals surface area contributed by atoms with Crippen LogP contribution >= 0.6 is 23.2 Å². The molecule has 3 aromatic rings. The van der Waals surface area contributed by atoms with Gasteiger partial charge in [0.05, 0.1) is 10.6 Å². The normalized spacial score (nSPS) is 12.1. The fraction of sp³-hybridized carbons (Fsp3) is 0.375. The number of aryl methyl sites for hydroxylation is 3. The van der Waals surface area contributed by atoms with Gasteiger partial charge < -0.3 is 10.2 Å². The van der Waals surface area contributed by atoms with E-state index in [1.165, 1.54) is 17.0 Å². The minimum absolute atomic E-state index is 0.0619. The number of hydrogen-bond donors (Lipinski definition) is 1. The summed E-state index contributed by atoms with van der Waals surface area (Å²) in [4.78, 5) is 29.1. The van der Waals surface area contributed by atoms with Crippen molar-refractivity contribution in [2.24, 2.45) is 0 Å². The number of anilines is 1. The number of unbranched alkanes of at least 4 members (excludes halogenated alkanes) is 1. The molecule has 1 N–H and O–H groups in total. The van der Waals surface area contributed by atoms with Crippen LogP contribution in [0.25, 0.3) is 0 Å². The first-order chi connectivity index (χ1) is 19.9. The van der Waals surface area contributed by atoms with Crippen LogP contribution < -0.4 is 9.62 Å². The van der Waals surface area contributed by atoms with Crippen LogP contribution in [0.1, 0.15) is 55.4 Å². The molecule has 7 nitrogen and oxygen atoms in total. The summed E-state index contributed by atoms with van der Waals surface area (Å²) in [5, 5.41) is 3.61. The van der Waals surface area contributed by atoms with E-state index in [0.717, 1.165) is 28.3 Å². The Balaban J connectivity index is 2.12. The number of benzene rings is 3. The van der Waals surface area contributed by atoms with Gasteiger partial charge >= 0.3 is 0 Å². The molecule has 0 radical (unpaired) electrons. The molecule has 0 aliphatic carbocycles. The number of hydrogen-bond acceptors (Lipinski definition) is 4. The van der Waals surface area contributed by atoms with Crippen LogP contribution in [0.2, 0.25) is 10.0 Å². The summed E-state index contributed by atoms with van der Waals surface area (Å²) < 4.78 is 29.4. The van der Waals surface area contributed by atoms with E-state index in [1.54, 1.807) is 43.3 Å². The van der Waals surface area contributed by atoms with E-state index in [2.05, 4.69) is 5.32 Å². The molecule has 42 heavy (non-hydrogen) atoms. The molecular formula is C32H39Cl2N3O4S. The maximum atomic E-state index is 14.3. The van der Waals surface area contributed by atoms with Crippen molar-refractivity contribution in [2.75, 3.05) is 17.4 Å². The Morgan fingerprint density at radius 3 is 2.12 bits per heavy atom. The van der Waals surface area contributed by atoms with Crippen LogP contribution in [0.3, 0.4) is 0 Å². The molecule has 0 bridgehead atoms. The number of sulfonamides is 1. The third kappa shape index (κ3) is 8.06. The van der Waals surface area contributed by atoms with Gasteiger partial charge in [-0.2, -0.15) is 0 Å². The largest absolute Gasteiger partial charge is 0.354 e. The lowest BCUT2D eigenvalue weighted by atomic mass is 10.1. The van der Waals surface area contributed by atoms with E-state index >= 15 is 0 Å². The van der Waals surface area contributed by atoms with Crippen LogP contribution in [0.4, 0.5) is 5.69 Å².